The molecular formula is C21H23F3N2O2. The third-order valence-corrected chi connectivity index (χ3v) is 5.10. The van der Waals surface area contributed by atoms with E-state index in [4.69, 9.17) is 5.11 Å². The molecule has 4 nitrogen and oxygen atoms in total. The maximum Gasteiger partial charge on any atom is 0.416 e. The summed E-state index contributed by atoms with van der Waals surface area (Å²) in [6.45, 7) is 3.63. The molecule has 2 aromatic rings. The van der Waals surface area contributed by atoms with Crippen LogP contribution in [0.4, 0.5) is 13.2 Å². The highest BCUT2D eigenvalue weighted by molar-refractivity contribution is 5.69. The molecule has 2 aromatic carbocycles. The van der Waals surface area contributed by atoms with Crippen LogP contribution in [-0.4, -0.2) is 53.1 Å². The number of nitrogens with zero attached hydrogens (tertiary/aromatic N) is 2. The monoisotopic (exact) mass is 392 g/mol. The number of benzene rings is 2. The first kappa shape index (κ1) is 20.4. The van der Waals surface area contributed by atoms with Crippen LogP contribution in [0.5, 0.6) is 0 Å². The van der Waals surface area contributed by atoms with Gasteiger partial charge in [0.1, 0.15) is 0 Å². The van der Waals surface area contributed by atoms with Crippen LogP contribution in [0.2, 0.25) is 0 Å². The lowest BCUT2D eigenvalue weighted by atomic mass is 9.93. The minimum Gasteiger partial charge on any atom is -0.480 e. The summed E-state index contributed by atoms with van der Waals surface area (Å²) in [6, 6.07) is 14.6. The van der Waals surface area contributed by atoms with Crippen LogP contribution in [0.1, 0.15) is 29.7 Å². The van der Waals surface area contributed by atoms with E-state index in [9.17, 15) is 18.0 Å². The Hall–Kier alpha value is -2.38. The molecule has 150 valence electrons. The summed E-state index contributed by atoms with van der Waals surface area (Å²) >= 11 is 0. The molecule has 2 unspecified atom stereocenters. The van der Waals surface area contributed by atoms with Gasteiger partial charge in [-0.25, -0.2) is 0 Å². The molecule has 0 radical (unpaired) electrons. The van der Waals surface area contributed by atoms with Crippen molar-refractivity contribution < 1.29 is 23.1 Å². The van der Waals surface area contributed by atoms with E-state index in [2.05, 4.69) is 4.90 Å². The number of halogens is 3. The molecular weight excluding hydrogens is 369 g/mol. The molecule has 2 atom stereocenters. The smallest absolute Gasteiger partial charge is 0.416 e. The number of piperazine rings is 1. The average Bonchev–Trinajstić information content (AvgIpc) is 2.64. The van der Waals surface area contributed by atoms with Crippen molar-refractivity contribution in [2.24, 2.45) is 0 Å². The van der Waals surface area contributed by atoms with E-state index in [1.54, 1.807) is 6.07 Å². The Morgan fingerprint density at radius 2 is 1.79 bits per heavy atom. The lowest BCUT2D eigenvalue weighted by molar-refractivity contribution is -0.139. The van der Waals surface area contributed by atoms with Crippen molar-refractivity contribution in [3.63, 3.8) is 0 Å². The Morgan fingerprint density at radius 3 is 2.39 bits per heavy atom. The minimum absolute atomic E-state index is 0.00662. The molecule has 7 heteroatoms. The number of hydrogen-bond acceptors (Lipinski definition) is 3. The molecule has 0 aliphatic carbocycles. The standard InChI is InChI=1S/C21H23F3N2O2/c1-15-13-25(14-19(27)28)10-11-26(15)20(16-6-3-2-4-7-16)17-8-5-9-18(12-17)21(22,23)24/h2-9,12,15,20H,10-11,13-14H2,1H3,(H,27,28). The minimum atomic E-state index is -4.40. The normalized spacial score (nSPS) is 20.1. The van der Waals surface area contributed by atoms with E-state index in [0.717, 1.165) is 11.6 Å². The van der Waals surface area contributed by atoms with Crippen LogP contribution in [0.3, 0.4) is 0 Å². The molecule has 3 rings (SSSR count). The molecule has 1 heterocycles. The van der Waals surface area contributed by atoms with Crippen LogP contribution in [-0.2, 0) is 11.0 Å². The second-order valence-corrected chi connectivity index (χ2v) is 7.15. The van der Waals surface area contributed by atoms with Gasteiger partial charge in [0.25, 0.3) is 0 Å². The van der Waals surface area contributed by atoms with Crippen molar-refractivity contribution in [1.29, 1.82) is 0 Å². The first-order chi connectivity index (χ1) is 13.3. The lowest BCUT2D eigenvalue weighted by Gasteiger charge is -2.44. The van der Waals surface area contributed by atoms with Gasteiger partial charge < -0.3 is 5.11 Å². The number of alkyl halides is 3. The number of carboxylic acids is 1. The fourth-order valence-electron chi connectivity index (χ4n) is 3.86. The van der Waals surface area contributed by atoms with Crippen LogP contribution in [0.25, 0.3) is 0 Å². The van der Waals surface area contributed by atoms with Gasteiger partial charge in [-0.2, -0.15) is 13.2 Å². The topological polar surface area (TPSA) is 43.8 Å². The van der Waals surface area contributed by atoms with Crippen molar-refractivity contribution in [2.45, 2.75) is 25.2 Å². The lowest BCUT2D eigenvalue weighted by Crippen LogP contribution is -2.54. The third kappa shape index (κ3) is 4.72. The van der Waals surface area contributed by atoms with Gasteiger partial charge in [0.15, 0.2) is 0 Å². The van der Waals surface area contributed by atoms with Gasteiger partial charge in [-0.3, -0.25) is 14.6 Å². The summed E-state index contributed by atoms with van der Waals surface area (Å²) in [5.41, 5.74) is 0.836. The zero-order valence-corrected chi connectivity index (χ0v) is 15.6. The second kappa shape index (κ2) is 8.32. The van der Waals surface area contributed by atoms with E-state index in [-0.39, 0.29) is 18.6 Å². The highest BCUT2D eigenvalue weighted by atomic mass is 19.4. The molecule has 1 saturated heterocycles. The van der Waals surface area contributed by atoms with Gasteiger partial charge >= 0.3 is 12.1 Å². The highest BCUT2D eigenvalue weighted by Crippen LogP contribution is 2.36. The number of aliphatic carboxylic acids is 1. The molecule has 0 saturated carbocycles. The Kier molecular flexibility index (Phi) is 6.05. The quantitative estimate of drug-likeness (QED) is 0.839. The maximum absolute atomic E-state index is 13.2. The Balaban J connectivity index is 1.95. The Bertz CT molecular complexity index is 811. The number of hydrogen-bond donors (Lipinski definition) is 1. The summed E-state index contributed by atoms with van der Waals surface area (Å²) in [5.74, 6) is -0.877. The third-order valence-electron chi connectivity index (χ3n) is 5.10. The van der Waals surface area contributed by atoms with Gasteiger partial charge in [-0.1, -0.05) is 42.5 Å². The van der Waals surface area contributed by atoms with Crippen molar-refractivity contribution in [1.82, 2.24) is 9.80 Å². The van der Waals surface area contributed by atoms with Gasteiger partial charge in [0, 0.05) is 25.7 Å². The van der Waals surface area contributed by atoms with Gasteiger partial charge in [0.2, 0.25) is 0 Å². The number of carboxylic acid groups (broad SMARTS) is 1. The van der Waals surface area contributed by atoms with E-state index in [0.29, 0.717) is 25.2 Å². The van der Waals surface area contributed by atoms with E-state index >= 15 is 0 Å². The average molecular weight is 392 g/mol. The van der Waals surface area contributed by atoms with E-state index in [1.807, 2.05) is 42.2 Å². The molecule has 28 heavy (non-hydrogen) atoms. The summed E-state index contributed by atoms with van der Waals surface area (Å²) in [7, 11) is 0. The zero-order valence-electron chi connectivity index (χ0n) is 15.6. The summed E-state index contributed by atoms with van der Waals surface area (Å²) in [4.78, 5) is 15.0. The Labute approximate surface area is 162 Å². The van der Waals surface area contributed by atoms with Crippen LogP contribution >= 0.6 is 0 Å². The number of rotatable bonds is 5. The molecule has 1 aliphatic heterocycles. The second-order valence-electron chi connectivity index (χ2n) is 7.15. The number of carbonyl (C=O) groups is 1. The van der Waals surface area contributed by atoms with Crippen LogP contribution in [0, 0.1) is 0 Å². The van der Waals surface area contributed by atoms with Gasteiger partial charge in [-0.15, -0.1) is 0 Å². The van der Waals surface area contributed by atoms with E-state index < -0.39 is 17.7 Å². The summed E-state index contributed by atoms with van der Waals surface area (Å²) < 4.78 is 39.7. The predicted octanol–water partition coefficient (Wildman–Crippen LogP) is 3.89. The SMILES string of the molecule is CC1CN(CC(=O)O)CCN1C(c1ccccc1)c1cccc(C(F)(F)F)c1. The van der Waals surface area contributed by atoms with Crippen LogP contribution in [0.15, 0.2) is 54.6 Å². The van der Waals surface area contributed by atoms with Gasteiger partial charge in [-0.05, 0) is 30.2 Å². The maximum atomic E-state index is 13.2. The molecule has 0 spiro atoms. The molecule has 1 fully saturated rings. The van der Waals surface area contributed by atoms with E-state index in [1.165, 1.54) is 12.1 Å². The predicted molar refractivity (Wildman–Crippen MR) is 100.0 cm³/mol. The molecule has 1 aliphatic rings. The Morgan fingerprint density at radius 1 is 1.11 bits per heavy atom. The fraction of sp³-hybridized carbons (Fsp3) is 0.381. The first-order valence-corrected chi connectivity index (χ1v) is 9.17. The van der Waals surface area contributed by atoms with Crippen molar-refractivity contribution >= 4 is 5.97 Å². The zero-order chi connectivity index (χ0) is 20.3. The van der Waals surface area contributed by atoms with Crippen molar-refractivity contribution in [3.8, 4) is 0 Å². The van der Waals surface area contributed by atoms with Gasteiger partial charge in [0.05, 0.1) is 18.2 Å². The largest absolute Gasteiger partial charge is 0.480 e. The van der Waals surface area contributed by atoms with Crippen LogP contribution < -0.4 is 0 Å². The fourth-order valence-corrected chi connectivity index (χ4v) is 3.86. The molecule has 0 bridgehead atoms. The summed E-state index contributed by atoms with van der Waals surface area (Å²) in [5, 5.41) is 9.03. The highest BCUT2D eigenvalue weighted by Gasteiger charge is 2.34. The molecule has 1 N–H and O–H groups in total. The molecule has 0 amide bonds. The first-order valence-electron chi connectivity index (χ1n) is 9.17. The molecule has 0 aromatic heterocycles. The van der Waals surface area contributed by atoms with Crippen molar-refractivity contribution in [3.05, 3.63) is 71.3 Å². The summed E-state index contributed by atoms with van der Waals surface area (Å²) in [6.07, 6.45) is -4.40. The van der Waals surface area contributed by atoms with Crippen molar-refractivity contribution in [2.75, 3.05) is 26.2 Å².